The minimum absolute atomic E-state index is 0.0269. The molecule has 0 bridgehead atoms. The maximum absolute atomic E-state index is 13.4. The molecule has 276 valence electrons. The van der Waals surface area contributed by atoms with Crippen molar-refractivity contribution in [2.45, 2.75) is 43.5 Å². The number of nitrogen functional groups attached to an aromatic ring is 2. The van der Waals surface area contributed by atoms with Crippen LogP contribution in [0.4, 0.5) is 16.6 Å². The molecule has 1 fully saturated rings. The number of benzene rings is 1. The number of phenolic OH excluding ortho intramolecular Hbond substituents is 2. The number of β-lactam (4-membered cyclic amide) rings is 1. The number of nitrogens with two attached hydrogens (primary N) is 2. The zero-order valence-corrected chi connectivity index (χ0v) is 29.2. The largest absolute Gasteiger partial charge is 0.504 e. The Bertz CT molecular complexity index is 1950. The van der Waals surface area contributed by atoms with Crippen molar-refractivity contribution in [2.75, 3.05) is 35.6 Å². The van der Waals surface area contributed by atoms with Crippen LogP contribution in [0.5, 0.6) is 11.5 Å². The van der Waals surface area contributed by atoms with E-state index in [-0.39, 0.29) is 59.0 Å². The zero-order chi connectivity index (χ0) is 37.9. The Hall–Kier alpha value is -5.71. The van der Waals surface area contributed by atoms with Crippen LogP contribution in [0.2, 0.25) is 0 Å². The number of carbonyl (C=O) groups is 5. The van der Waals surface area contributed by atoms with Gasteiger partial charge in [-0.25, -0.2) is 19.1 Å². The summed E-state index contributed by atoms with van der Waals surface area (Å²) in [5, 5.41) is 47.8. The molecule has 1 saturated heterocycles. The Morgan fingerprint density at radius 1 is 1.15 bits per heavy atom. The van der Waals surface area contributed by atoms with Crippen LogP contribution in [0.3, 0.4) is 0 Å². The number of phenols is 2. The van der Waals surface area contributed by atoms with Crippen molar-refractivity contribution in [1.82, 2.24) is 31.0 Å². The predicted molar refractivity (Wildman–Crippen MR) is 184 cm³/mol. The number of aromatic nitrogens is 3. The summed E-state index contributed by atoms with van der Waals surface area (Å²) in [6, 6.07) is 1.22. The number of rotatable bonds is 15. The molecule has 52 heavy (non-hydrogen) atoms. The van der Waals surface area contributed by atoms with Crippen LogP contribution in [-0.2, 0) is 30.6 Å². The lowest BCUT2D eigenvalue weighted by Gasteiger charge is -2.49. The average molecular weight is 760 g/mol. The number of fused-ring (bicyclic) bond motifs is 1. The highest BCUT2D eigenvalue weighted by Crippen LogP contribution is 2.40. The van der Waals surface area contributed by atoms with Crippen LogP contribution in [-0.4, -0.2) is 101 Å². The number of hydrogen-bond acceptors (Lipinski definition) is 16. The van der Waals surface area contributed by atoms with E-state index in [0.717, 1.165) is 22.3 Å². The van der Waals surface area contributed by atoms with E-state index < -0.39 is 58.5 Å². The van der Waals surface area contributed by atoms with Crippen LogP contribution >= 0.6 is 23.1 Å². The van der Waals surface area contributed by atoms with E-state index in [1.807, 2.05) is 0 Å². The minimum Gasteiger partial charge on any atom is -0.504 e. The first-order chi connectivity index (χ1) is 24.6. The van der Waals surface area contributed by atoms with Crippen molar-refractivity contribution in [3.8, 4) is 11.5 Å². The fraction of sp³-hybridized carbons (Fsp3) is 0.333. The third kappa shape index (κ3) is 8.09. The van der Waals surface area contributed by atoms with Crippen LogP contribution in [0.1, 0.15) is 35.9 Å². The molecule has 0 aliphatic carbocycles. The molecule has 2 unspecified atom stereocenters. The van der Waals surface area contributed by atoms with Crippen molar-refractivity contribution >= 4 is 69.4 Å². The zero-order valence-electron chi connectivity index (χ0n) is 27.5. The van der Waals surface area contributed by atoms with Gasteiger partial charge in [-0.1, -0.05) is 0 Å². The lowest BCUT2D eigenvalue weighted by atomic mass is 10.0. The minimum atomic E-state index is -1.73. The summed E-state index contributed by atoms with van der Waals surface area (Å²) in [6.07, 6.45) is 2.99. The van der Waals surface area contributed by atoms with E-state index in [2.05, 4.69) is 31.4 Å². The molecule has 20 nitrogen and oxygen atoms in total. The topological polar surface area (TPSA) is 309 Å². The summed E-state index contributed by atoms with van der Waals surface area (Å²) in [4.78, 5) is 77.8. The normalized spacial score (nSPS) is 17.5. The van der Waals surface area contributed by atoms with Crippen LogP contribution < -0.4 is 37.5 Å². The molecule has 4 heterocycles. The summed E-state index contributed by atoms with van der Waals surface area (Å²) in [6.45, 7) is 2.93. The van der Waals surface area contributed by atoms with Gasteiger partial charge < -0.3 is 47.8 Å². The van der Waals surface area contributed by atoms with Gasteiger partial charge in [-0.15, -0.1) is 23.1 Å². The van der Waals surface area contributed by atoms with E-state index >= 15 is 0 Å². The molecule has 1 aromatic carbocycles. The number of anilines is 3. The summed E-state index contributed by atoms with van der Waals surface area (Å²) in [7, 11) is 0. The number of thioether (sulfide) groups is 1. The fourth-order valence-electron chi connectivity index (χ4n) is 5.03. The standard InChI is InChI=1S/C30H34N10O10S2/c1-30(2,28(48)49)50-38-19(16-11-52-29(32)36-16)24(44)37-20-25(45)40-21(27(46)47)14(10-51-26(20)40)8-39-9-15(22(31)35-12-39)33-5-6-34-23(43)13-3-4-17(41)18(42)7-13/h3-4,7,9,11-12,19-20,26,31,33,38H,5-6,8,10H2,1-2H3,(H8,32,34,36,37,41,42,43,44,46,47,48,49)/p+1/t19?,20-,26?/m1/s1. The van der Waals surface area contributed by atoms with Gasteiger partial charge in [-0.05, 0) is 37.0 Å². The highest BCUT2D eigenvalue weighted by molar-refractivity contribution is 8.00. The predicted octanol–water partition coefficient (Wildman–Crippen LogP) is -0.893. The number of carboxylic acids is 2. The average Bonchev–Trinajstić information content (AvgIpc) is 3.52. The van der Waals surface area contributed by atoms with Crippen molar-refractivity contribution < 1.29 is 53.8 Å². The number of nitrogens with one attached hydrogen (secondary N) is 4. The highest BCUT2D eigenvalue weighted by atomic mass is 32.2. The van der Waals surface area contributed by atoms with E-state index in [1.165, 1.54) is 49.4 Å². The van der Waals surface area contributed by atoms with Gasteiger partial charge in [0, 0.05) is 35.4 Å². The Morgan fingerprint density at radius 2 is 1.90 bits per heavy atom. The van der Waals surface area contributed by atoms with Crippen molar-refractivity contribution in [2.24, 2.45) is 0 Å². The highest BCUT2D eigenvalue weighted by Gasteiger charge is 2.55. The second-order valence-electron chi connectivity index (χ2n) is 12.0. The van der Waals surface area contributed by atoms with Crippen molar-refractivity contribution in [1.29, 1.82) is 0 Å². The van der Waals surface area contributed by atoms with Gasteiger partial charge in [0.2, 0.25) is 5.91 Å². The number of aromatic hydroxyl groups is 2. The molecule has 2 aliphatic rings. The molecule has 5 rings (SSSR count). The van der Waals surface area contributed by atoms with Gasteiger partial charge in [-0.3, -0.25) is 24.1 Å². The molecule has 0 radical (unpaired) electrons. The molecule has 12 N–H and O–H groups in total. The lowest BCUT2D eigenvalue weighted by molar-refractivity contribution is -0.691. The maximum atomic E-state index is 13.4. The van der Waals surface area contributed by atoms with Gasteiger partial charge in [0.15, 0.2) is 28.3 Å². The smallest absolute Gasteiger partial charge is 0.352 e. The second-order valence-corrected chi connectivity index (χ2v) is 14.0. The van der Waals surface area contributed by atoms with Crippen LogP contribution in [0.15, 0.2) is 47.4 Å². The van der Waals surface area contributed by atoms with Gasteiger partial charge in [0.25, 0.3) is 24.0 Å². The quantitative estimate of drug-likeness (QED) is 0.0295. The molecule has 2 aliphatic heterocycles. The van der Waals surface area contributed by atoms with Crippen molar-refractivity contribution in [3.63, 3.8) is 0 Å². The van der Waals surface area contributed by atoms with E-state index in [9.17, 15) is 44.4 Å². The Labute approximate surface area is 302 Å². The summed E-state index contributed by atoms with van der Waals surface area (Å²) in [5.74, 6) is -5.04. The molecular weight excluding hydrogens is 725 g/mol. The first kappa shape index (κ1) is 37.5. The van der Waals surface area contributed by atoms with Gasteiger partial charge in [-0.2, -0.15) is 5.48 Å². The molecular formula is C30H35N10O10S2+. The van der Waals surface area contributed by atoms with Crippen LogP contribution in [0.25, 0.3) is 0 Å². The van der Waals surface area contributed by atoms with Gasteiger partial charge in [0.1, 0.15) is 35.5 Å². The molecule has 0 saturated carbocycles. The molecule has 0 spiro atoms. The first-order valence-corrected chi connectivity index (χ1v) is 17.3. The monoisotopic (exact) mass is 759 g/mol. The fourth-order valence-corrected chi connectivity index (χ4v) is 6.95. The first-order valence-electron chi connectivity index (χ1n) is 15.3. The van der Waals surface area contributed by atoms with E-state index in [0.29, 0.717) is 11.3 Å². The maximum Gasteiger partial charge on any atom is 0.352 e. The Kier molecular flexibility index (Phi) is 11.0. The number of carbonyl (C=O) groups excluding carboxylic acids is 3. The number of carboxylic acid groups (broad SMARTS) is 2. The molecule has 3 amide bonds. The number of aliphatic carboxylic acids is 2. The molecule has 2 aromatic heterocycles. The van der Waals surface area contributed by atoms with E-state index in [4.69, 9.17) is 16.3 Å². The molecule has 22 heteroatoms. The number of amides is 3. The van der Waals surface area contributed by atoms with E-state index in [1.54, 1.807) is 10.8 Å². The Balaban J connectivity index is 1.23. The molecule has 3 atom stereocenters. The summed E-state index contributed by atoms with van der Waals surface area (Å²) >= 11 is 2.27. The number of thiazole rings is 1. The SMILES string of the molecule is CC(C)(ONC(C(=O)N[C@@H]1C(=O)N2C(C(=O)O)=C(C[n+]3cnc(N)c(NCCNC(=O)c4ccc(O)c(O)c4)c3)CSC12)c1csc(N)n1)C(=O)O. The van der Waals surface area contributed by atoms with Crippen LogP contribution in [0, 0.1) is 0 Å². The third-order valence-corrected chi connectivity index (χ3v) is 9.88. The number of nitrogens with zero attached hydrogens (tertiary/aromatic N) is 4. The summed E-state index contributed by atoms with van der Waals surface area (Å²) in [5.41, 5.74) is 13.3. The van der Waals surface area contributed by atoms with Crippen molar-refractivity contribution in [3.05, 3.63) is 58.6 Å². The molecule has 3 aromatic rings. The number of hydroxylamine groups is 1. The number of hydrogen-bond donors (Lipinski definition) is 10. The summed E-state index contributed by atoms with van der Waals surface area (Å²) < 4.78 is 1.58. The Morgan fingerprint density at radius 3 is 2.56 bits per heavy atom. The van der Waals surface area contributed by atoms with Gasteiger partial charge in [0.05, 0.1) is 5.69 Å². The second kappa shape index (κ2) is 15.3. The third-order valence-electron chi connectivity index (χ3n) is 7.85. The lowest BCUT2D eigenvalue weighted by Crippen LogP contribution is -2.71. The van der Waals surface area contributed by atoms with Gasteiger partial charge >= 0.3 is 11.9 Å².